The van der Waals surface area contributed by atoms with Gasteiger partial charge in [-0.2, -0.15) is 10.3 Å². The van der Waals surface area contributed by atoms with Crippen molar-refractivity contribution in [2.24, 2.45) is 0 Å². The molecule has 0 spiro atoms. The van der Waals surface area contributed by atoms with Gasteiger partial charge in [0.1, 0.15) is 30.3 Å². The number of thiazole rings is 1. The van der Waals surface area contributed by atoms with Crippen LogP contribution in [0.15, 0.2) is 66.7 Å². The lowest BCUT2D eigenvalue weighted by Gasteiger charge is -2.46. The molecule has 2 saturated heterocycles. The van der Waals surface area contributed by atoms with Crippen LogP contribution in [0.1, 0.15) is 16.7 Å². The first-order valence-corrected chi connectivity index (χ1v) is 15.0. The number of hydrazine groups is 1. The molecule has 45 heavy (non-hydrogen) atoms. The Kier molecular flexibility index (Phi) is 8.20. The van der Waals surface area contributed by atoms with Gasteiger partial charge >= 0.3 is 6.03 Å². The quantitative estimate of drug-likeness (QED) is 0.251. The van der Waals surface area contributed by atoms with E-state index in [9.17, 15) is 29.1 Å². The number of rotatable bonds is 8. The van der Waals surface area contributed by atoms with Gasteiger partial charge in [0.25, 0.3) is 0 Å². The Morgan fingerprint density at radius 1 is 1.13 bits per heavy atom. The Morgan fingerprint density at radius 3 is 2.60 bits per heavy atom. The van der Waals surface area contributed by atoms with Crippen LogP contribution in [0.2, 0.25) is 0 Å². The molecule has 12 nitrogen and oxygen atoms in total. The zero-order valence-corrected chi connectivity index (χ0v) is 24.8. The molecule has 2 aliphatic heterocycles. The lowest BCUT2D eigenvalue weighted by molar-refractivity contribution is -0.157. The third kappa shape index (κ3) is 6.08. The van der Waals surface area contributed by atoms with Crippen LogP contribution in [0.3, 0.4) is 0 Å². The van der Waals surface area contributed by atoms with Crippen LogP contribution < -0.4 is 11.1 Å². The molecule has 2 aliphatic rings. The summed E-state index contributed by atoms with van der Waals surface area (Å²) in [5.74, 6) is -0.964. The number of para-hydroxylation sites is 1. The summed E-state index contributed by atoms with van der Waals surface area (Å²) in [5, 5.41) is 25.3. The number of nitriles is 1. The molecule has 14 heteroatoms. The van der Waals surface area contributed by atoms with Crippen LogP contribution in [0, 0.1) is 17.1 Å². The number of nitrogens with one attached hydrogen (secondary N) is 1. The smallest absolute Gasteiger partial charge is 0.333 e. The van der Waals surface area contributed by atoms with Gasteiger partial charge in [-0.15, -0.1) is 0 Å². The van der Waals surface area contributed by atoms with Crippen LogP contribution in [0.4, 0.5) is 14.3 Å². The number of carbonyl (C=O) groups is 3. The fraction of sp³-hybridized carbons (Fsp3) is 0.258. The molecule has 3 aromatic carbocycles. The van der Waals surface area contributed by atoms with E-state index in [1.54, 1.807) is 29.2 Å². The summed E-state index contributed by atoms with van der Waals surface area (Å²) in [7, 11) is 0. The summed E-state index contributed by atoms with van der Waals surface area (Å²) in [4.78, 5) is 48.7. The molecular weight excluding hydrogens is 599 g/mol. The normalized spacial score (nSPS) is 18.2. The second kappa shape index (κ2) is 12.4. The summed E-state index contributed by atoms with van der Waals surface area (Å²) in [5.41, 5.74) is 8.84. The minimum absolute atomic E-state index is 0.0693. The molecular formula is C31H29FN8O4S. The second-order valence-electron chi connectivity index (χ2n) is 10.8. The molecule has 0 bridgehead atoms. The second-order valence-corrected chi connectivity index (χ2v) is 11.9. The van der Waals surface area contributed by atoms with Crippen molar-refractivity contribution in [2.75, 3.05) is 25.4 Å². The maximum atomic E-state index is 14.1. The summed E-state index contributed by atoms with van der Waals surface area (Å²) in [6, 6.07) is 18.2. The maximum Gasteiger partial charge on any atom is 0.333 e. The number of halogens is 1. The van der Waals surface area contributed by atoms with Gasteiger partial charge in [0, 0.05) is 19.5 Å². The maximum absolute atomic E-state index is 14.1. The first-order chi connectivity index (χ1) is 21.7. The van der Waals surface area contributed by atoms with Gasteiger partial charge in [0.2, 0.25) is 11.8 Å². The predicted molar refractivity (Wildman–Crippen MR) is 163 cm³/mol. The van der Waals surface area contributed by atoms with Gasteiger partial charge in [0.15, 0.2) is 5.13 Å². The first kappa shape index (κ1) is 29.8. The van der Waals surface area contributed by atoms with E-state index in [1.165, 1.54) is 50.5 Å². The molecule has 230 valence electrons. The largest absolute Gasteiger partial charge is 0.508 e. The van der Waals surface area contributed by atoms with E-state index in [-0.39, 0.29) is 56.7 Å². The molecule has 2 atom stereocenters. The minimum atomic E-state index is -0.906. The fourth-order valence-electron chi connectivity index (χ4n) is 5.82. The van der Waals surface area contributed by atoms with Crippen molar-refractivity contribution in [1.29, 1.82) is 5.26 Å². The average molecular weight is 629 g/mol. The van der Waals surface area contributed by atoms with Crippen molar-refractivity contribution in [1.82, 2.24) is 30.1 Å². The number of urea groups is 1. The molecule has 0 aliphatic carbocycles. The summed E-state index contributed by atoms with van der Waals surface area (Å²) < 4.78 is 14.2. The van der Waals surface area contributed by atoms with Gasteiger partial charge in [-0.3, -0.25) is 9.59 Å². The van der Waals surface area contributed by atoms with E-state index in [1.807, 2.05) is 24.3 Å². The Balaban J connectivity index is 1.31. The fourth-order valence-corrected chi connectivity index (χ4v) is 6.60. The number of fused-ring (bicyclic) bond motifs is 2. The lowest BCUT2D eigenvalue weighted by Crippen LogP contribution is -2.66. The van der Waals surface area contributed by atoms with Crippen LogP contribution in [-0.2, 0) is 29.1 Å². The van der Waals surface area contributed by atoms with Gasteiger partial charge in [-0.05, 0) is 47.0 Å². The molecule has 4 aromatic rings. The number of amides is 4. The summed E-state index contributed by atoms with van der Waals surface area (Å²) >= 11 is 1.35. The number of hydrogen-bond donors (Lipinski definition) is 3. The van der Waals surface area contributed by atoms with E-state index in [0.29, 0.717) is 16.2 Å². The Labute approximate surface area is 261 Å². The predicted octanol–water partition coefficient (Wildman–Crippen LogP) is 2.80. The highest BCUT2D eigenvalue weighted by atomic mass is 32.1. The lowest BCUT2D eigenvalue weighted by atomic mass is 9.99. The van der Waals surface area contributed by atoms with Crippen molar-refractivity contribution in [2.45, 2.75) is 31.7 Å². The van der Waals surface area contributed by atoms with Crippen molar-refractivity contribution in [3.05, 3.63) is 89.2 Å². The van der Waals surface area contributed by atoms with Crippen molar-refractivity contribution < 1.29 is 23.9 Å². The van der Waals surface area contributed by atoms with Crippen molar-refractivity contribution in [3.8, 4) is 11.8 Å². The Hall–Kier alpha value is -5.26. The molecule has 0 radical (unpaired) electrons. The minimum Gasteiger partial charge on any atom is -0.508 e. The number of phenols is 1. The Bertz CT molecular complexity index is 1790. The topological polar surface area (TPSA) is 159 Å². The zero-order chi connectivity index (χ0) is 31.7. The van der Waals surface area contributed by atoms with E-state index in [2.05, 4.69) is 10.3 Å². The van der Waals surface area contributed by atoms with E-state index >= 15 is 0 Å². The standard InChI is InChI=1S/C31H29FN8O4S/c32-22-8-4-20(5-9-22)15-35-31(44)38(13-12-33)39-18-27(42)40-24(14-19-6-10-23(41)11-7-19)29(43)37(17-26(39)40)16-21-2-1-3-25-28(21)36-30(34)45-25/h1-11,24,26,41H,13-18H2,(H2,34,36)(H,35,44)/t24-,26+/m0/s1. The molecule has 4 amide bonds. The van der Waals surface area contributed by atoms with Gasteiger partial charge < -0.3 is 26.0 Å². The molecule has 2 fully saturated rings. The van der Waals surface area contributed by atoms with Gasteiger partial charge in [-0.25, -0.2) is 19.2 Å². The Morgan fingerprint density at radius 2 is 1.87 bits per heavy atom. The first-order valence-electron chi connectivity index (χ1n) is 14.2. The monoisotopic (exact) mass is 628 g/mol. The van der Waals surface area contributed by atoms with Crippen LogP contribution >= 0.6 is 11.3 Å². The number of nitrogens with zero attached hydrogens (tertiary/aromatic N) is 6. The zero-order valence-electron chi connectivity index (χ0n) is 24.0. The number of piperazine rings is 1. The number of nitrogens with two attached hydrogens (primary N) is 1. The number of aromatic nitrogens is 1. The van der Waals surface area contributed by atoms with Crippen LogP contribution in [0.25, 0.3) is 10.2 Å². The molecule has 4 N–H and O–H groups in total. The molecule has 3 heterocycles. The van der Waals surface area contributed by atoms with Gasteiger partial charge in [0.05, 0.1) is 29.4 Å². The molecule has 0 saturated carbocycles. The van der Waals surface area contributed by atoms with Crippen LogP contribution in [-0.4, -0.2) is 79.6 Å². The highest BCUT2D eigenvalue weighted by Gasteiger charge is 2.52. The number of hydrogen-bond acceptors (Lipinski definition) is 9. The molecule has 0 unspecified atom stereocenters. The number of phenolic OH excluding ortho intramolecular Hbond substituents is 1. The molecule has 1 aromatic heterocycles. The number of aromatic hydroxyl groups is 1. The summed E-state index contributed by atoms with van der Waals surface area (Å²) in [6.07, 6.45) is -0.573. The SMILES string of the molecule is N#CCN(C(=O)NCc1ccc(F)cc1)N1CC(=O)N2[C@@H](Cc3ccc(O)cc3)C(=O)N(Cc3cccc4sc(N)nc34)C[C@@H]21. The average Bonchev–Trinajstić information content (AvgIpc) is 3.57. The summed E-state index contributed by atoms with van der Waals surface area (Å²) in [6.45, 7) is -0.235. The van der Waals surface area contributed by atoms with E-state index < -0.39 is 24.1 Å². The number of benzene rings is 3. The highest BCUT2D eigenvalue weighted by molar-refractivity contribution is 7.22. The number of nitrogen functional groups attached to an aromatic ring is 1. The van der Waals surface area contributed by atoms with Gasteiger partial charge in [-0.1, -0.05) is 47.7 Å². The number of carbonyl (C=O) groups excluding carboxylic acids is 3. The van der Waals surface area contributed by atoms with E-state index in [0.717, 1.165) is 15.8 Å². The molecule has 6 rings (SSSR count). The van der Waals surface area contributed by atoms with Crippen molar-refractivity contribution in [3.63, 3.8) is 0 Å². The van der Waals surface area contributed by atoms with Crippen LogP contribution in [0.5, 0.6) is 5.75 Å². The highest BCUT2D eigenvalue weighted by Crippen LogP contribution is 2.32. The van der Waals surface area contributed by atoms with Crippen molar-refractivity contribution >= 4 is 44.5 Å². The third-order valence-electron chi connectivity index (χ3n) is 7.93. The van der Waals surface area contributed by atoms with E-state index in [4.69, 9.17) is 5.73 Å². The number of anilines is 1. The third-order valence-corrected chi connectivity index (χ3v) is 8.78.